The van der Waals surface area contributed by atoms with Crippen LogP contribution in [0.3, 0.4) is 0 Å². The maximum Gasteiger partial charge on any atom is 0.256 e. The Kier molecular flexibility index (Phi) is 5.07. The van der Waals surface area contributed by atoms with Crippen LogP contribution in [0.2, 0.25) is 0 Å². The third-order valence-corrected chi connectivity index (χ3v) is 6.30. The molecule has 6 heteroatoms. The van der Waals surface area contributed by atoms with Gasteiger partial charge in [0, 0.05) is 11.6 Å². The number of aromatic nitrogens is 3. The predicted molar refractivity (Wildman–Crippen MR) is 131 cm³/mol. The summed E-state index contributed by atoms with van der Waals surface area (Å²) in [5.41, 5.74) is 6.90. The van der Waals surface area contributed by atoms with Crippen LogP contribution >= 0.6 is 11.3 Å². The zero-order valence-electron chi connectivity index (χ0n) is 18.1. The topological polar surface area (TPSA) is 59.8 Å². The number of carbonyl (C=O) groups is 1. The molecule has 0 aliphatic rings. The minimum Gasteiger partial charge on any atom is -0.306 e. The Morgan fingerprint density at radius 3 is 2.38 bits per heavy atom. The smallest absolute Gasteiger partial charge is 0.256 e. The lowest BCUT2D eigenvalue weighted by Gasteiger charge is -2.07. The molecule has 5 rings (SSSR count). The number of amides is 1. The van der Waals surface area contributed by atoms with E-state index in [0.717, 1.165) is 37.7 Å². The van der Waals surface area contributed by atoms with E-state index in [2.05, 4.69) is 48.5 Å². The first kappa shape index (κ1) is 20.2. The summed E-state index contributed by atoms with van der Waals surface area (Å²) in [6.45, 7) is 6.05. The number of hydrogen-bond acceptors (Lipinski definition) is 4. The molecule has 5 aromatic rings. The number of thiazole rings is 1. The zero-order valence-corrected chi connectivity index (χ0v) is 18.9. The van der Waals surface area contributed by atoms with Gasteiger partial charge in [-0.2, -0.15) is 9.78 Å². The highest BCUT2D eigenvalue weighted by atomic mass is 32.1. The summed E-state index contributed by atoms with van der Waals surface area (Å²) in [4.78, 5) is 17.7. The molecule has 158 valence electrons. The molecule has 0 bridgehead atoms. The molecule has 0 aliphatic carbocycles. The molecule has 0 saturated carbocycles. The SMILES string of the molecule is Cc1cc(C)c2nc(-n3nc(C)cc3NC(=O)c3ccc(-c4ccccc4)cc3)sc2c1. The number of carbonyl (C=O) groups excluding carboxylic acids is 1. The van der Waals surface area contributed by atoms with Crippen LogP contribution in [0.15, 0.2) is 72.8 Å². The molecule has 0 aliphatic heterocycles. The van der Waals surface area contributed by atoms with Crippen LogP contribution in [0.4, 0.5) is 5.82 Å². The van der Waals surface area contributed by atoms with Gasteiger partial charge in [0.2, 0.25) is 5.13 Å². The Balaban J connectivity index is 1.43. The van der Waals surface area contributed by atoms with Gasteiger partial charge < -0.3 is 5.32 Å². The predicted octanol–water partition coefficient (Wildman–Crippen LogP) is 6.33. The van der Waals surface area contributed by atoms with Crippen LogP contribution in [-0.2, 0) is 0 Å². The van der Waals surface area contributed by atoms with E-state index in [9.17, 15) is 4.79 Å². The molecule has 5 nitrogen and oxygen atoms in total. The van der Waals surface area contributed by atoms with Crippen molar-refractivity contribution in [3.05, 3.63) is 95.2 Å². The van der Waals surface area contributed by atoms with Crippen molar-refractivity contribution in [2.24, 2.45) is 0 Å². The normalized spacial score (nSPS) is 11.1. The van der Waals surface area contributed by atoms with Crippen molar-refractivity contribution in [2.45, 2.75) is 20.8 Å². The molecule has 0 unspecified atom stereocenters. The van der Waals surface area contributed by atoms with Gasteiger partial charge in [-0.25, -0.2) is 4.98 Å². The van der Waals surface area contributed by atoms with E-state index >= 15 is 0 Å². The summed E-state index contributed by atoms with van der Waals surface area (Å²) in [7, 11) is 0. The van der Waals surface area contributed by atoms with E-state index in [0.29, 0.717) is 11.4 Å². The summed E-state index contributed by atoms with van der Waals surface area (Å²) < 4.78 is 2.82. The third-order valence-electron chi connectivity index (χ3n) is 5.33. The van der Waals surface area contributed by atoms with Crippen LogP contribution in [0.25, 0.3) is 26.5 Å². The van der Waals surface area contributed by atoms with Crippen LogP contribution in [0.1, 0.15) is 27.2 Å². The molecule has 1 amide bonds. The summed E-state index contributed by atoms with van der Waals surface area (Å²) in [6.07, 6.45) is 0. The van der Waals surface area contributed by atoms with Gasteiger partial charge in [-0.15, -0.1) is 0 Å². The van der Waals surface area contributed by atoms with Gasteiger partial charge >= 0.3 is 0 Å². The Hall–Kier alpha value is -3.77. The van der Waals surface area contributed by atoms with Crippen LogP contribution in [0.5, 0.6) is 0 Å². The summed E-state index contributed by atoms with van der Waals surface area (Å²) >= 11 is 1.57. The minimum atomic E-state index is -0.182. The van der Waals surface area contributed by atoms with E-state index in [1.54, 1.807) is 16.0 Å². The monoisotopic (exact) mass is 438 g/mol. The lowest BCUT2D eigenvalue weighted by Crippen LogP contribution is -2.15. The van der Waals surface area contributed by atoms with Crippen molar-refractivity contribution in [1.29, 1.82) is 0 Å². The number of hydrogen-bond donors (Lipinski definition) is 1. The first-order chi connectivity index (χ1) is 15.5. The summed E-state index contributed by atoms with van der Waals surface area (Å²) in [5.74, 6) is 0.423. The van der Waals surface area contributed by atoms with E-state index in [4.69, 9.17) is 4.98 Å². The maximum atomic E-state index is 13.0. The standard InChI is InChI=1S/C26H22N4OS/c1-16-13-17(2)24-22(14-16)32-26(28-24)30-23(15-18(3)29-30)27-25(31)21-11-9-20(10-12-21)19-7-5-4-6-8-19/h4-15H,1-3H3,(H,27,31). The highest BCUT2D eigenvalue weighted by Crippen LogP contribution is 2.30. The second kappa shape index (κ2) is 8.05. The minimum absolute atomic E-state index is 0.182. The highest BCUT2D eigenvalue weighted by Gasteiger charge is 2.16. The van der Waals surface area contributed by atoms with Crippen molar-refractivity contribution in [2.75, 3.05) is 5.32 Å². The van der Waals surface area contributed by atoms with Gasteiger partial charge in [-0.05, 0) is 61.2 Å². The molecule has 2 aromatic heterocycles. The number of nitrogens with zero attached hydrogens (tertiary/aromatic N) is 3. The largest absolute Gasteiger partial charge is 0.306 e. The fraction of sp³-hybridized carbons (Fsp3) is 0.115. The van der Waals surface area contributed by atoms with Gasteiger partial charge in [0.15, 0.2) is 0 Å². The van der Waals surface area contributed by atoms with E-state index in [-0.39, 0.29) is 5.91 Å². The van der Waals surface area contributed by atoms with Crippen molar-refractivity contribution in [3.8, 4) is 16.3 Å². The van der Waals surface area contributed by atoms with Crippen molar-refractivity contribution in [3.63, 3.8) is 0 Å². The average molecular weight is 439 g/mol. The average Bonchev–Trinajstić information content (AvgIpc) is 3.37. The van der Waals surface area contributed by atoms with E-state index in [1.807, 2.05) is 55.5 Å². The van der Waals surface area contributed by atoms with E-state index in [1.165, 1.54) is 5.56 Å². The lowest BCUT2D eigenvalue weighted by molar-refractivity contribution is 0.102. The first-order valence-electron chi connectivity index (χ1n) is 10.4. The summed E-state index contributed by atoms with van der Waals surface area (Å²) in [5, 5.41) is 8.32. The number of nitrogens with one attached hydrogen (secondary N) is 1. The maximum absolute atomic E-state index is 13.0. The molecule has 3 aromatic carbocycles. The molecule has 2 heterocycles. The number of aryl methyl sites for hydroxylation is 3. The van der Waals surface area contributed by atoms with Gasteiger partial charge in [-0.3, -0.25) is 4.79 Å². The van der Waals surface area contributed by atoms with Gasteiger partial charge in [0.05, 0.1) is 15.9 Å². The number of benzene rings is 3. The molecule has 0 saturated heterocycles. The van der Waals surface area contributed by atoms with Gasteiger partial charge in [-0.1, -0.05) is 59.9 Å². The quantitative estimate of drug-likeness (QED) is 0.357. The molecule has 32 heavy (non-hydrogen) atoms. The van der Waals surface area contributed by atoms with E-state index < -0.39 is 0 Å². The van der Waals surface area contributed by atoms with Crippen molar-refractivity contribution >= 4 is 33.3 Å². The van der Waals surface area contributed by atoms with Crippen LogP contribution in [-0.4, -0.2) is 20.7 Å². The molecular weight excluding hydrogens is 416 g/mol. The number of anilines is 1. The Morgan fingerprint density at radius 1 is 0.906 bits per heavy atom. The second-order valence-electron chi connectivity index (χ2n) is 7.91. The molecule has 0 atom stereocenters. The zero-order chi connectivity index (χ0) is 22.2. The Morgan fingerprint density at radius 2 is 1.62 bits per heavy atom. The molecule has 0 radical (unpaired) electrons. The number of rotatable bonds is 4. The Bertz CT molecular complexity index is 1430. The highest BCUT2D eigenvalue weighted by molar-refractivity contribution is 7.20. The second-order valence-corrected chi connectivity index (χ2v) is 8.91. The Labute approximate surface area is 190 Å². The van der Waals surface area contributed by atoms with Gasteiger partial charge in [0.25, 0.3) is 5.91 Å². The first-order valence-corrected chi connectivity index (χ1v) is 11.2. The molecular formula is C26H22N4OS. The van der Waals surface area contributed by atoms with Crippen molar-refractivity contribution in [1.82, 2.24) is 14.8 Å². The van der Waals surface area contributed by atoms with Gasteiger partial charge in [0.1, 0.15) is 5.82 Å². The number of fused-ring (bicyclic) bond motifs is 1. The fourth-order valence-electron chi connectivity index (χ4n) is 3.82. The fourth-order valence-corrected chi connectivity index (χ4v) is 4.92. The summed E-state index contributed by atoms with van der Waals surface area (Å²) in [6, 6.07) is 23.8. The lowest BCUT2D eigenvalue weighted by atomic mass is 10.0. The molecule has 1 N–H and O–H groups in total. The molecule has 0 fully saturated rings. The van der Waals surface area contributed by atoms with Crippen LogP contribution in [0, 0.1) is 20.8 Å². The molecule has 0 spiro atoms. The van der Waals surface area contributed by atoms with Crippen molar-refractivity contribution < 1.29 is 4.79 Å². The van der Waals surface area contributed by atoms with Crippen LogP contribution < -0.4 is 5.32 Å². The third kappa shape index (κ3) is 3.81.